The van der Waals surface area contributed by atoms with Crippen LogP contribution in [-0.2, 0) is 17.5 Å². The number of nitrogens with zero attached hydrogens (tertiary/aromatic N) is 2. The molecule has 1 N–H and O–H groups in total. The molecule has 1 atom stereocenters. The minimum atomic E-state index is -4.54. The highest BCUT2D eigenvalue weighted by Crippen LogP contribution is 2.37. The molecular weight excluding hydrogens is 355 g/mol. The summed E-state index contributed by atoms with van der Waals surface area (Å²) in [5.74, 6) is 0. The van der Waals surface area contributed by atoms with Gasteiger partial charge in [0, 0.05) is 6.61 Å². The van der Waals surface area contributed by atoms with Crippen LogP contribution in [0, 0.1) is 11.3 Å². The van der Waals surface area contributed by atoms with E-state index in [-0.39, 0.29) is 22.4 Å². The third-order valence-corrected chi connectivity index (χ3v) is 4.88. The van der Waals surface area contributed by atoms with Gasteiger partial charge in [-0.1, -0.05) is 12.1 Å². The van der Waals surface area contributed by atoms with Gasteiger partial charge in [-0.3, -0.25) is 8.75 Å². The molecule has 1 aliphatic rings. The summed E-state index contributed by atoms with van der Waals surface area (Å²) in [6.45, 7) is 0.917. The molecule has 1 aromatic heterocycles. The Bertz CT molecular complexity index is 861. The molecule has 2 aromatic rings. The van der Waals surface area contributed by atoms with Crippen molar-refractivity contribution in [3.63, 3.8) is 0 Å². The van der Waals surface area contributed by atoms with Crippen LogP contribution in [0.5, 0.6) is 0 Å². The Labute approximate surface area is 145 Å². The average Bonchev–Trinajstić information content (AvgIpc) is 3.16. The van der Waals surface area contributed by atoms with Gasteiger partial charge in [0.15, 0.2) is 5.56 Å². The van der Waals surface area contributed by atoms with Crippen molar-refractivity contribution in [2.45, 2.75) is 31.7 Å². The zero-order valence-corrected chi connectivity index (χ0v) is 13.8. The molecule has 2 heterocycles. The van der Waals surface area contributed by atoms with Gasteiger partial charge in [0.1, 0.15) is 11.1 Å². The molecule has 5 nitrogen and oxygen atoms in total. The standard InChI is InChI=1S/C16H14F3N3O2S/c17-16(18,19)12-5-1-2-6-13(12)21-14-11(8-20)15(23)22(25-14)9-10-4-3-7-24-10/h1-2,5-6,10,21H,3-4,7,9H2. The van der Waals surface area contributed by atoms with Crippen LogP contribution in [0.2, 0.25) is 0 Å². The number of benzene rings is 1. The number of anilines is 2. The molecule has 132 valence electrons. The van der Waals surface area contributed by atoms with E-state index in [2.05, 4.69) is 5.32 Å². The lowest BCUT2D eigenvalue weighted by Crippen LogP contribution is -2.22. The second kappa shape index (κ2) is 6.90. The molecule has 3 rings (SSSR count). The van der Waals surface area contributed by atoms with Crippen LogP contribution in [-0.4, -0.2) is 16.7 Å². The molecule has 0 radical (unpaired) electrons. The number of hydrogen-bond donors (Lipinski definition) is 1. The minimum Gasteiger partial charge on any atom is -0.376 e. The van der Waals surface area contributed by atoms with Gasteiger partial charge in [-0.15, -0.1) is 0 Å². The van der Waals surface area contributed by atoms with Gasteiger partial charge in [0.05, 0.1) is 23.9 Å². The second-order valence-corrected chi connectivity index (χ2v) is 6.61. The highest BCUT2D eigenvalue weighted by molar-refractivity contribution is 7.11. The number of nitriles is 1. The summed E-state index contributed by atoms with van der Waals surface area (Å²) in [5.41, 5.74) is -1.77. The first-order valence-corrected chi connectivity index (χ1v) is 8.36. The molecular formula is C16H14F3N3O2S. The van der Waals surface area contributed by atoms with E-state index in [1.54, 1.807) is 6.07 Å². The highest BCUT2D eigenvalue weighted by atomic mass is 32.1. The maximum atomic E-state index is 13.1. The van der Waals surface area contributed by atoms with Gasteiger partial charge in [0.25, 0.3) is 5.56 Å². The molecule has 25 heavy (non-hydrogen) atoms. The van der Waals surface area contributed by atoms with E-state index in [1.807, 2.05) is 0 Å². The van der Waals surface area contributed by atoms with Crippen LogP contribution in [0.3, 0.4) is 0 Å². The predicted molar refractivity (Wildman–Crippen MR) is 87.0 cm³/mol. The van der Waals surface area contributed by atoms with Crippen molar-refractivity contribution in [3.8, 4) is 6.07 Å². The SMILES string of the molecule is N#Cc1c(Nc2ccccc2C(F)(F)F)sn(CC2CCCO2)c1=O. The molecule has 0 spiro atoms. The van der Waals surface area contributed by atoms with Crippen LogP contribution < -0.4 is 10.9 Å². The molecule has 0 aliphatic carbocycles. The molecule has 1 saturated heterocycles. The third kappa shape index (κ3) is 3.70. The van der Waals surface area contributed by atoms with Crippen molar-refractivity contribution in [1.82, 2.24) is 3.96 Å². The van der Waals surface area contributed by atoms with Gasteiger partial charge in [-0.2, -0.15) is 18.4 Å². The Balaban J connectivity index is 1.93. The Morgan fingerprint density at radius 3 is 2.80 bits per heavy atom. The minimum absolute atomic E-state index is 0.0993. The van der Waals surface area contributed by atoms with Crippen molar-refractivity contribution in [3.05, 3.63) is 45.7 Å². The third-order valence-electron chi connectivity index (χ3n) is 3.85. The number of halogens is 3. The largest absolute Gasteiger partial charge is 0.418 e. The van der Waals surface area contributed by atoms with Crippen LogP contribution in [0.4, 0.5) is 23.9 Å². The lowest BCUT2D eigenvalue weighted by atomic mass is 10.1. The number of aromatic nitrogens is 1. The highest BCUT2D eigenvalue weighted by Gasteiger charge is 2.33. The number of para-hydroxylation sites is 1. The van der Waals surface area contributed by atoms with E-state index < -0.39 is 17.3 Å². The Morgan fingerprint density at radius 1 is 1.40 bits per heavy atom. The zero-order valence-electron chi connectivity index (χ0n) is 13.0. The first-order chi connectivity index (χ1) is 11.9. The molecule has 1 aromatic carbocycles. The number of alkyl halides is 3. The van der Waals surface area contributed by atoms with E-state index in [1.165, 1.54) is 22.2 Å². The van der Waals surface area contributed by atoms with Crippen LogP contribution >= 0.6 is 11.5 Å². The van der Waals surface area contributed by atoms with Crippen molar-refractivity contribution in [2.75, 3.05) is 11.9 Å². The predicted octanol–water partition coefficient (Wildman–Crippen LogP) is 3.72. The maximum absolute atomic E-state index is 13.1. The number of rotatable bonds is 4. The summed E-state index contributed by atoms with van der Waals surface area (Å²) < 4.78 is 46.1. The summed E-state index contributed by atoms with van der Waals surface area (Å²) in [4.78, 5) is 12.3. The van der Waals surface area contributed by atoms with Crippen LogP contribution in [0.15, 0.2) is 29.1 Å². The molecule has 0 amide bonds. The lowest BCUT2D eigenvalue weighted by molar-refractivity contribution is -0.136. The van der Waals surface area contributed by atoms with E-state index in [0.29, 0.717) is 13.2 Å². The van der Waals surface area contributed by atoms with Crippen molar-refractivity contribution >= 4 is 22.2 Å². The van der Waals surface area contributed by atoms with Crippen LogP contribution in [0.25, 0.3) is 0 Å². The second-order valence-electron chi connectivity index (χ2n) is 5.58. The average molecular weight is 369 g/mol. The van der Waals surface area contributed by atoms with E-state index in [4.69, 9.17) is 4.74 Å². The van der Waals surface area contributed by atoms with Gasteiger partial charge in [0.2, 0.25) is 0 Å². The lowest BCUT2D eigenvalue weighted by Gasteiger charge is -2.13. The Morgan fingerprint density at radius 2 is 2.16 bits per heavy atom. The van der Waals surface area contributed by atoms with E-state index in [0.717, 1.165) is 30.4 Å². The van der Waals surface area contributed by atoms with E-state index in [9.17, 15) is 23.2 Å². The maximum Gasteiger partial charge on any atom is 0.418 e. The summed E-state index contributed by atoms with van der Waals surface area (Å²) in [5, 5.41) is 11.9. The van der Waals surface area contributed by atoms with Crippen molar-refractivity contribution in [2.24, 2.45) is 0 Å². The summed E-state index contributed by atoms with van der Waals surface area (Å²) in [6, 6.07) is 6.72. The van der Waals surface area contributed by atoms with Crippen molar-refractivity contribution < 1.29 is 17.9 Å². The smallest absolute Gasteiger partial charge is 0.376 e. The molecule has 1 aliphatic heterocycles. The summed E-state index contributed by atoms with van der Waals surface area (Å²) >= 11 is 0.935. The topological polar surface area (TPSA) is 67.1 Å². The van der Waals surface area contributed by atoms with Gasteiger partial charge >= 0.3 is 6.18 Å². The number of ether oxygens (including phenoxy) is 1. The van der Waals surface area contributed by atoms with Gasteiger partial charge in [-0.05, 0) is 36.5 Å². The molecule has 1 fully saturated rings. The fraction of sp³-hybridized carbons (Fsp3) is 0.375. The van der Waals surface area contributed by atoms with Crippen LogP contribution in [0.1, 0.15) is 24.0 Å². The fourth-order valence-electron chi connectivity index (χ4n) is 2.66. The van der Waals surface area contributed by atoms with Gasteiger partial charge in [-0.25, -0.2) is 0 Å². The Hall–Kier alpha value is -2.31. The first kappa shape index (κ1) is 17.5. The van der Waals surface area contributed by atoms with Crippen molar-refractivity contribution in [1.29, 1.82) is 5.26 Å². The number of hydrogen-bond acceptors (Lipinski definition) is 5. The molecule has 1 unspecified atom stereocenters. The molecule has 0 bridgehead atoms. The zero-order chi connectivity index (χ0) is 18.0. The normalized spacial score (nSPS) is 17.4. The molecule has 0 saturated carbocycles. The Kier molecular flexibility index (Phi) is 4.83. The monoisotopic (exact) mass is 369 g/mol. The molecule has 9 heteroatoms. The summed E-state index contributed by atoms with van der Waals surface area (Å²) in [7, 11) is 0. The quantitative estimate of drug-likeness (QED) is 0.892. The van der Waals surface area contributed by atoms with E-state index >= 15 is 0 Å². The number of nitrogens with one attached hydrogen (secondary N) is 1. The first-order valence-electron chi connectivity index (χ1n) is 7.59. The summed E-state index contributed by atoms with van der Waals surface area (Å²) in [6.07, 6.45) is -2.94. The van der Waals surface area contributed by atoms with Gasteiger partial charge < -0.3 is 10.1 Å². The fourth-order valence-corrected chi connectivity index (χ4v) is 3.67.